The highest BCUT2D eigenvalue weighted by atomic mass is 32.2. The van der Waals surface area contributed by atoms with Gasteiger partial charge in [0, 0.05) is 26.1 Å². The smallest absolute Gasteiger partial charge is 0.251 e. The third kappa shape index (κ3) is 4.76. The lowest BCUT2D eigenvalue weighted by atomic mass is 9.95. The number of sulfonamides is 1. The summed E-state index contributed by atoms with van der Waals surface area (Å²) in [6.07, 6.45) is 0.820. The number of rotatable bonds is 6. The molecule has 1 atom stereocenters. The van der Waals surface area contributed by atoms with Crippen LogP contribution in [0.25, 0.3) is 0 Å². The van der Waals surface area contributed by atoms with Crippen molar-refractivity contribution < 1.29 is 22.7 Å². The Labute approximate surface area is 178 Å². The summed E-state index contributed by atoms with van der Waals surface area (Å²) in [6.45, 7) is 5.23. The van der Waals surface area contributed by atoms with Crippen molar-refractivity contribution in [2.45, 2.75) is 31.2 Å². The van der Waals surface area contributed by atoms with E-state index in [1.807, 2.05) is 32.0 Å². The molecule has 162 valence electrons. The molecular weight excluding hydrogens is 404 g/mol. The van der Waals surface area contributed by atoms with E-state index in [9.17, 15) is 13.2 Å². The van der Waals surface area contributed by atoms with E-state index in [1.54, 1.807) is 12.1 Å². The summed E-state index contributed by atoms with van der Waals surface area (Å²) >= 11 is 0. The van der Waals surface area contributed by atoms with Crippen LogP contribution in [0.15, 0.2) is 47.4 Å². The first-order chi connectivity index (χ1) is 14.2. The van der Waals surface area contributed by atoms with Crippen molar-refractivity contribution in [1.29, 1.82) is 0 Å². The summed E-state index contributed by atoms with van der Waals surface area (Å²) in [5, 5.41) is 3.04. The van der Waals surface area contributed by atoms with Gasteiger partial charge in [0.05, 0.1) is 24.2 Å². The zero-order valence-electron chi connectivity index (χ0n) is 17.7. The largest absolute Gasteiger partial charge is 0.490 e. The molecule has 1 aliphatic rings. The highest BCUT2D eigenvalue weighted by Gasteiger charge is 2.23. The normalized spacial score (nSPS) is 15.0. The average Bonchev–Trinajstić information content (AvgIpc) is 2.96. The van der Waals surface area contributed by atoms with Gasteiger partial charge < -0.3 is 14.8 Å². The minimum absolute atomic E-state index is 0.0804. The van der Waals surface area contributed by atoms with Crippen LogP contribution in [0.1, 0.15) is 42.2 Å². The Morgan fingerprint density at radius 2 is 1.73 bits per heavy atom. The number of hydrogen-bond donors (Lipinski definition) is 1. The van der Waals surface area contributed by atoms with Crippen molar-refractivity contribution in [3.8, 4) is 11.5 Å². The second kappa shape index (κ2) is 9.06. The van der Waals surface area contributed by atoms with Crippen molar-refractivity contribution in [2.24, 2.45) is 5.92 Å². The van der Waals surface area contributed by atoms with Crippen LogP contribution in [0.2, 0.25) is 0 Å². The minimum Gasteiger partial charge on any atom is -0.490 e. The fourth-order valence-corrected chi connectivity index (χ4v) is 4.19. The quantitative estimate of drug-likeness (QED) is 0.758. The zero-order chi connectivity index (χ0) is 21.9. The lowest BCUT2D eigenvalue weighted by Crippen LogP contribution is -2.32. The Balaban J connectivity index is 1.86. The van der Waals surface area contributed by atoms with Crippen molar-refractivity contribution in [3.63, 3.8) is 0 Å². The number of nitrogens with one attached hydrogen (secondary N) is 1. The Hall–Kier alpha value is -2.58. The van der Waals surface area contributed by atoms with Crippen LogP contribution >= 0.6 is 0 Å². The number of ether oxygens (including phenoxy) is 2. The van der Waals surface area contributed by atoms with Crippen LogP contribution < -0.4 is 14.8 Å². The van der Waals surface area contributed by atoms with Crippen LogP contribution in [0.3, 0.4) is 0 Å². The average molecular weight is 433 g/mol. The number of hydrogen-bond acceptors (Lipinski definition) is 5. The Morgan fingerprint density at radius 3 is 2.40 bits per heavy atom. The molecule has 0 spiro atoms. The number of carbonyl (C=O) groups excluding carboxylic acids is 1. The first kappa shape index (κ1) is 22.1. The van der Waals surface area contributed by atoms with Gasteiger partial charge in [0.1, 0.15) is 0 Å². The maximum Gasteiger partial charge on any atom is 0.251 e. The predicted octanol–water partition coefficient (Wildman–Crippen LogP) is 3.23. The van der Waals surface area contributed by atoms with Gasteiger partial charge in [-0.3, -0.25) is 4.79 Å². The van der Waals surface area contributed by atoms with Gasteiger partial charge in [0.2, 0.25) is 10.0 Å². The molecule has 2 aromatic rings. The number of carbonyl (C=O) groups is 1. The molecule has 0 saturated carbocycles. The molecule has 1 amide bonds. The van der Waals surface area contributed by atoms with E-state index in [-0.39, 0.29) is 28.3 Å². The fraction of sp³-hybridized carbons (Fsp3) is 0.409. The van der Waals surface area contributed by atoms with Crippen molar-refractivity contribution >= 4 is 15.9 Å². The van der Waals surface area contributed by atoms with Crippen molar-refractivity contribution in [2.75, 3.05) is 27.3 Å². The molecule has 0 bridgehead atoms. The molecule has 0 radical (unpaired) electrons. The maximum atomic E-state index is 13.0. The second-order valence-corrected chi connectivity index (χ2v) is 9.92. The molecule has 7 nitrogen and oxygen atoms in total. The molecule has 1 N–H and O–H groups in total. The van der Waals surface area contributed by atoms with Gasteiger partial charge in [0.25, 0.3) is 5.91 Å². The Bertz CT molecular complexity index is 1020. The Morgan fingerprint density at radius 1 is 1.03 bits per heavy atom. The molecule has 30 heavy (non-hydrogen) atoms. The van der Waals surface area contributed by atoms with E-state index in [4.69, 9.17) is 9.47 Å². The molecule has 0 aromatic heterocycles. The first-order valence-corrected chi connectivity index (χ1v) is 11.4. The summed E-state index contributed by atoms with van der Waals surface area (Å²) < 4.78 is 37.4. The van der Waals surface area contributed by atoms with E-state index < -0.39 is 10.0 Å². The summed E-state index contributed by atoms with van der Waals surface area (Å²) in [4.78, 5) is 13.0. The SMILES string of the molecule is CC(C)C(NC(=O)c1cccc(S(=O)(=O)N(C)C)c1)c1ccc2c(c1)OCCCO2. The van der Waals surface area contributed by atoms with Crippen molar-refractivity contribution in [1.82, 2.24) is 9.62 Å². The van der Waals surface area contributed by atoms with Crippen LogP contribution in [-0.4, -0.2) is 45.9 Å². The topological polar surface area (TPSA) is 84.9 Å². The summed E-state index contributed by atoms with van der Waals surface area (Å²) in [6, 6.07) is 11.5. The molecule has 8 heteroatoms. The molecule has 1 heterocycles. The predicted molar refractivity (Wildman–Crippen MR) is 114 cm³/mol. The first-order valence-electron chi connectivity index (χ1n) is 9.93. The van der Waals surface area contributed by atoms with E-state index in [2.05, 4.69) is 5.32 Å². The third-order valence-electron chi connectivity index (χ3n) is 4.96. The minimum atomic E-state index is -3.62. The number of nitrogens with zero attached hydrogens (tertiary/aromatic N) is 1. The molecule has 0 saturated heterocycles. The highest BCUT2D eigenvalue weighted by Crippen LogP contribution is 2.34. The Kier molecular flexibility index (Phi) is 6.67. The number of benzene rings is 2. The molecule has 3 rings (SSSR count). The van der Waals surface area contributed by atoms with E-state index in [0.717, 1.165) is 16.3 Å². The van der Waals surface area contributed by atoms with Gasteiger partial charge in [-0.15, -0.1) is 0 Å². The van der Waals surface area contributed by atoms with E-state index >= 15 is 0 Å². The number of amides is 1. The zero-order valence-corrected chi connectivity index (χ0v) is 18.5. The summed E-state index contributed by atoms with van der Waals surface area (Å²) in [5.41, 5.74) is 1.19. The maximum absolute atomic E-state index is 13.0. The molecule has 2 aromatic carbocycles. The van der Waals surface area contributed by atoms with Gasteiger partial charge in [-0.1, -0.05) is 26.0 Å². The summed E-state index contributed by atoms with van der Waals surface area (Å²) in [7, 11) is -0.702. The molecule has 1 unspecified atom stereocenters. The van der Waals surface area contributed by atoms with Gasteiger partial charge in [-0.2, -0.15) is 0 Å². The van der Waals surface area contributed by atoms with Crippen LogP contribution in [-0.2, 0) is 10.0 Å². The van der Waals surface area contributed by atoms with Gasteiger partial charge in [0.15, 0.2) is 11.5 Å². The van der Waals surface area contributed by atoms with E-state index in [0.29, 0.717) is 24.7 Å². The second-order valence-electron chi connectivity index (χ2n) is 7.77. The molecular formula is C22H28N2O5S. The monoisotopic (exact) mass is 432 g/mol. The standard InChI is InChI=1S/C22H28N2O5S/c1-15(2)21(16-9-10-19-20(14-16)29-12-6-11-28-19)23-22(25)17-7-5-8-18(13-17)30(26,27)24(3)4/h5,7-10,13-15,21H,6,11-12H2,1-4H3,(H,23,25). The third-order valence-corrected chi connectivity index (χ3v) is 6.77. The lowest BCUT2D eigenvalue weighted by molar-refractivity contribution is 0.0925. The molecule has 1 aliphatic heterocycles. The highest BCUT2D eigenvalue weighted by molar-refractivity contribution is 7.89. The molecule has 0 aliphatic carbocycles. The lowest BCUT2D eigenvalue weighted by Gasteiger charge is -2.24. The van der Waals surface area contributed by atoms with Gasteiger partial charge >= 0.3 is 0 Å². The van der Waals surface area contributed by atoms with Crippen LogP contribution in [0.4, 0.5) is 0 Å². The van der Waals surface area contributed by atoms with Gasteiger partial charge in [-0.05, 0) is 41.8 Å². The summed E-state index contributed by atoms with van der Waals surface area (Å²) in [5.74, 6) is 1.14. The molecule has 0 fully saturated rings. The van der Waals surface area contributed by atoms with Gasteiger partial charge in [-0.25, -0.2) is 12.7 Å². The fourth-order valence-electron chi connectivity index (χ4n) is 3.24. The van der Waals surface area contributed by atoms with Crippen molar-refractivity contribution in [3.05, 3.63) is 53.6 Å². The number of fused-ring (bicyclic) bond motifs is 1. The van der Waals surface area contributed by atoms with Crippen LogP contribution in [0, 0.1) is 5.92 Å². The van der Waals surface area contributed by atoms with Crippen LogP contribution in [0.5, 0.6) is 11.5 Å². The van der Waals surface area contributed by atoms with E-state index in [1.165, 1.54) is 26.2 Å².